The highest BCUT2D eigenvalue weighted by atomic mass is 16.5. The van der Waals surface area contributed by atoms with Gasteiger partial charge in [0, 0.05) is 19.6 Å². The van der Waals surface area contributed by atoms with Crippen LogP contribution < -0.4 is 0 Å². The fourth-order valence-electron chi connectivity index (χ4n) is 1.77. The Balaban J connectivity index is 3.08. The molecule has 120 valence electrons. The van der Waals surface area contributed by atoms with E-state index in [0.717, 1.165) is 13.0 Å². The third-order valence-electron chi connectivity index (χ3n) is 2.80. The van der Waals surface area contributed by atoms with E-state index < -0.39 is 0 Å². The van der Waals surface area contributed by atoms with E-state index in [1.54, 1.807) is 0 Å². The zero-order valence-electron chi connectivity index (χ0n) is 13.5. The highest BCUT2D eigenvalue weighted by Gasteiger charge is 2.04. The Morgan fingerprint density at radius 3 is 2.05 bits per heavy atom. The summed E-state index contributed by atoms with van der Waals surface area (Å²) in [5, 5.41) is 0. The summed E-state index contributed by atoms with van der Waals surface area (Å²) in [6.45, 7) is 8.59. The van der Waals surface area contributed by atoms with Crippen LogP contribution in [0.1, 0.15) is 65.7 Å². The summed E-state index contributed by atoms with van der Waals surface area (Å²) in [5.41, 5.74) is 0. The molecule has 0 atom stereocenters. The Labute approximate surface area is 124 Å². The van der Waals surface area contributed by atoms with E-state index in [4.69, 9.17) is 14.2 Å². The highest BCUT2D eigenvalue weighted by molar-refractivity contribution is 5.69. The van der Waals surface area contributed by atoms with Gasteiger partial charge in [-0.2, -0.15) is 0 Å². The van der Waals surface area contributed by atoms with Gasteiger partial charge in [0.1, 0.15) is 0 Å². The summed E-state index contributed by atoms with van der Waals surface area (Å²) in [5.74, 6) is -0.146. The molecule has 20 heavy (non-hydrogen) atoms. The molecule has 0 fully saturated rings. The van der Waals surface area contributed by atoms with E-state index in [2.05, 4.69) is 6.92 Å². The normalized spacial score (nSPS) is 11.0. The smallest absolute Gasteiger partial charge is 0.306 e. The monoisotopic (exact) mass is 288 g/mol. The van der Waals surface area contributed by atoms with Gasteiger partial charge >= 0.3 is 5.97 Å². The molecule has 0 aromatic rings. The van der Waals surface area contributed by atoms with Crippen molar-refractivity contribution in [2.45, 2.75) is 71.8 Å². The summed E-state index contributed by atoms with van der Waals surface area (Å²) in [4.78, 5) is 11.2. The van der Waals surface area contributed by atoms with E-state index in [9.17, 15) is 4.79 Å². The van der Waals surface area contributed by atoms with E-state index in [1.165, 1.54) is 25.7 Å². The Morgan fingerprint density at radius 2 is 1.45 bits per heavy atom. The molecule has 0 amide bonds. The van der Waals surface area contributed by atoms with Gasteiger partial charge in [-0.05, 0) is 26.7 Å². The average Bonchev–Trinajstić information content (AvgIpc) is 2.39. The van der Waals surface area contributed by atoms with Crippen molar-refractivity contribution in [2.75, 3.05) is 26.4 Å². The molecule has 0 saturated carbocycles. The van der Waals surface area contributed by atoms with Crippen LogP contribution in [-0.4, -0.2) is 38.5 Å². The molecule has 0 rings (SSSR count). The molecule has 4 heteroatoms. The Kier molecular flexibility index (Phi) is 14.3. The summed E-state index contributed by atoms with van der Waals surface area (Å²) >= 11 is 0. The lowest BCUT2D eigenvalue weighted by atomic mass is 10.2. The summed E-state index contributed by atoms with van der Waals surface area (Å²) in [7, 11) is 0. The third-order valence-corrected chi connectivity index (χ3v) is 2.80. The number of hydrogen-bond donors (Lipinski definition) is 0. The van der Waals surface area contributed by atoms with Gasteiger partial charge < -0.3 is 14.2 Å². The maximum atomic E-state index is 11.2. The molecule has 0 aromatic heterocycles. The van der Waals surface area contributed by atoms with Gasteiger partial charge in [-0.25, -0.2) is 0 Å². The summed E-state index contributed by atoms with van der Waals surface area (Å²) in [6.07, 6.45) is 7.41. The van der Waals surface area contributed by atoms with Crippen LogP contribution in [0.15, 0.2) is 0 Å². The van der Waals surface area contributed by atoms with Gasteiger partial charge in [-0.3, -0.25) is 4.79 Å². The van der Waals surface area contributed by atoms with Crippen LogP contribution in [-0.2, 0) is 19.0 Å². The first-order valence-electron chi connectivity index (χ1n) is 8.01. The van der Waals surface area contributed by atoms with Crippen molar-refractivity contribution in [3.63, 3.8) is 0 Å². The van der Waals surface area contributed by atoms with E-state index in [0.29, 0.717) is 32.7 Å². The number of hydrogen-bond acceptors (Lipinski definition) is 4. The molecule has 0 aliphatic heterocycles. The zero-order chi connectivity index (χ0) is 15.1. The quantitative estimate of drug-likeness (QED) is 0.361. The fourth-order valence-corrected chi connectivity index (χ4v) is 1.77. The molecule has 4 nitrogen and oxygen atoms in total. The van der Waals surface area contributed by atoms with E-state index in [1.807, 2.05) is 13.8 Å². The van der Waals surface area contributed by atoms with Gasteiger partial charge in [0.25, 0.3) is 0 Å². The van der Waals surface area contributed by atoms with Crippen LogP contribution in [0.5, 0.6) is 0 Å². The fraction of sp³-hybridized carbons (Fsp3) is 0.938. The third kappa shape index (κ3) is 15.4. The Bertz CT molecular complexity index is 217. The van der Waals surface area contributed by atoms with Crippen molar-refractivity contribution < 1.29 is 19.0 Å². The standard InChI is InChI=1S/C16H32O4/c1-4-5-6-7-8-11-18-13-14-19-12-9-10-16(17)20-15(2)3/h15H,4-14H2,1-3H3. The molecule has 0 spiro atoms. The molecular weight excluding hydrogens is 256 g/mol. The molecule has 0 saturated heterocycles. The minimum absolute atomic E-state index is 0.0332. The largest absolute Gasteiger partial charge is 0.463 e. The SMILES string of the molecule is CCCCCCCOCCOCCCC(=O)OC(C)C. The lowest BCUT2D eigenvalue weighted by Crippen LogP contribution is -2.12. The van der Waals surface area contributed by atoms with Crippen LogP contribution >= 0.6 is 0 Å². The molecule has 0 radical (unpaired) electrons. The van der Waals surface area contributed by atoms with Crippen molar-refractivity contribution in [3.05, 3.63) is 0 Å². The van der Waals surface area contributed by atoms with Crippen molar-refractivity contribution in [3.8, 4) is 0 Å². The maximum absolute atomic E-state index is 11.2. The van der Waals surface area contributed by atoms with Gasteiger partial charge in [-0.1, -0.05) is 32.6 Å². The number of carbonyl (C=O) groups is 1. The molecule has 0 heterocycles. The number of rotatable bonds is 14. The minimum Gasteiger partial charge on any atom is -0.463 e. The first-order chi connectivity index (χ1) is 9.66. The molecule has 0 N–H and O–H groups in total. The number of unbranched alkanes of at least 4 members (excludes halogenated alkanes) is 4. The number of ether oxygens (including phenoxy) is 3. The van der Waals surface area contributed by atoms with Crippen molar-refractivity contribution in [2.24, 2.45) is 0 Å². The minimum atomic E-state index is -0.146. The van der Waals surface area contributed by atoms with Crippen LogP contribution in [0.2, 0.25) is 0 Å². The first-order valence-corrected chi connectivity index (χ1v) is 8.01. The van der Waals surface area contributed by atoms with E-state index in [-0.39, 0.29) is 12.1 Å². The lowest BCUT2D eigenvalue weighted by molar-refractivity contribution is -0.147. The molecule has 0 aliphatic rings. The van der Waals surface area contributed by atoms with Gasteiger partial charge in [0.05, 0.1) is 19.3 Å². The second-order valence-electron chi connectivity index (χ2n) is 5.28. The first kappa shape index (κ1) is 19.4. The van der Waals surface area contributed by atoms with Gasteiger partial charge in [0.15, 0.2) is 0 Å². The van der Waals surface area contributed by atoms with Crippen LogP contribution in [0.3, 0.4) is 0 Å². The summed E-state index contributed by atoms with van der Waals surface area (Å²) < 4.78 is 15.9. The maximum Gasteiger partial charge on any atom is 0.306 e. The Morgan fingerprint density at radius 1 is 0.850 bits per heavy atom. The number of esters is 1. The second-order valence-corrected chi connectivity index (χ2v) is 5.28. The van der Waals surface area contributed by atoms with Gasteiger partial charge in [-0.15, -0.1) is 0 Å². The van der Waals surface area contributed by atoms with Crippen molar-refractivity contribution in [1.29, 1.82) is 0 Å². The zero-order valence-corrected chi connectivity index (χ0v) is 13.5. The van der Waals surface area contributed by atoms with E-state index >= 15 is 0 Å². The highest BCUT2D eigenvalue weighted by Crippen LogP contribution is 2.02. The summed E-state index contributed by atoms with van der Waals surface area (Å²) in [6, 6.07) is 0. The lowest BCUT2D eigenvalue weighted by Gasteiger charge is -2.08. The average molecular weight is 288 g/mol. The van der Waals surface area contributed by atoms with Crippen LogP contribution in [0, 0.1) is 0 Å². The van der Waals surface area contributed by atoms with Gasteiger partial charge in [0.2, 0.25) is 0 Å². The number of carbonyl (C=O) groups excluding carboxylic acids is 1. The molecule has 0 bridgehead atoms. The molecular formula is C16H32O4. The van der Waals surface area contributed by atoms with Crippen LogP contribution in [0.4, 0.5) is 0 Å². The second kappa shape index (κ2) is 14.8. The molecule has 0 aromatic carbocycles. The Hall–Kier alpha value is -0.610. The molecule has 0 unspecified atom stereocenters. The van der Waals surface area contributed by atoms with Crippen LogP contribution in [0.25, 0.3) is 0 Å². The topological polar surface area (TPSA) is 44.8 Å². The van der Waals surface area contributed by atoms with Crippen molar-refractivity contribution in [1.82, 2.24) is 0 Å². The predicted molar refractivity (Wildman–Crippen MR) is 80.9 cm³/mol. The van der Waals surface area contributed by atoms with Crippen molar-refractivity contribution >= 4 is 5.97 Å². The molecule has 0 aliphatic carbocycles. The predicted octanol–water partition coefficient (Wildman–Crippen LogP) is 3.72.